The number of benzene rings is 1. The molecule has 0 aliphatic heterocycles. The minimum atomic E-state index is 0.0798. The summed E-state index contributed by atoms with van der Waals surface area (Å²) < 4.78 is 0. The number of amidine groups is 1. The zero-order valence-corrected chi connectivity index (χ0v) is 11.2. The van der Waals surface area contributed by atoms with Gasteiger partial charge in [-0.2, -0.15) is 0 Å². The van der Waals surface area contributed by atoms with E-state index >= 15 is 0 Å². The molecule has 0 aliphatic carbocycles. The number of rotatable bonds is 4. The molecular formula is C14H18N4O. The molecule has 0 radical (unpaired) electrons. The number of para-hydroxylation sites is 1. The Morgan fingerprint density at radius 2 is 2.16 bits per heavy atom. The van der Waals surface area contributed by atoms with Gasteiger partial charge in [-0.15, -0.1) is 0 Å². The lowest BCUT2D eigenvalue weighted by Crippen LogP contribution is -2.24. The Balaban J connectivity index is 2.63. The van der Waals surface area contributed by atoms with E-state index in [0.29, 0.717) is 5.56 Å². The van der Waals surface area contributed by atoms with E-state index in [0.717, 1.165) is 29.7 Å². The van der Waals surface area contributed by atoms with Crippen LogP contribution in [0, 0.1) is 0 Å². The fourth-order valence-corrected chi connectivity index (χ4v) is 2.08. The summed E-state index contributed by atoms with van der Waals surface area (Å²) in [4.78, 5) is 6.63. The summed E-state index contributed by atoms with van der Waals surface area (Å²) in [5, 5.41) is 13.0. The first-order valence-corrected chi connectivity index (χ1v) is 6.26. The van der Waals surface area contributed by atoms with E-state index < -0.39 is 0 Å². The zero-order chi connectivity index (χ0) is 13.8. The molecule has 2 aromatic rings. The van der Waals surface area contributed by atoms with Crippen LogP contribution in [0.25, 0.3) is 10.9 Å². The summed E-state index contributed by atoms with van der Waals surface area (Å²) in [5.74, 6) is 0.812. The Morgan fingerprint density at radius 1 is 1.42 bits per heavy atom. The van der Waals surface area contributed by atoms with Crippen molar-refractivity contribution < 1.29 is 5.21 Å². The molecule has 2 rings (SSSR count). The largest absolute Gasteiger partial charge is 0.409 e. The van der Waals surface area contributed by atoms with E-state index in [4.69, 9.17) is 10.9 Å². The third-order valence-corrected chi connectivity index (χ3v) is 3.01. The highest BCUT2D eigenvalue weighted by Gasteiger charge is 2.14. The van der Waals surface area contributed by atoms with Gasteiger partial charge in [-0.05, 0) is 18.6 Å². The number of oxime groups is 1. The summed E-state index contributed by atoms with van der Waals surface area (Å²) in [6.45, 7) is 2.96. The Bertz CT molecular complexity index is 609. The molecule has 5 heteroatoms. The van der Waals surface area contributed by atoms with Crippen molar-refractivity contribution in [3.63, 3.8) is 0 Å². The van der Waals surface area contributed by atoms with Gasteiger partial charge < -0.3 is 15.8 Å². The van der Waals surface area contributed by atoms with Crippen LogP contribution in [0.3, 0.4) is 0 Å². The summed E-state index contributed by atoms with van der Waals surface area (Å²) >= 11 is 0. The van der Waals surface area contributed by atoms with Crippen molar-refractivity contribution in [2.45, 2.75) is 13.3 Å². The van der Waals surface area contributed by atoms with Crippen molar-refractivity contribution in [1.29, 1.82) is 0 Å². The highest BCUT2D eigenvalue weighted by atomic mass is 16.4. The van der Waals surface area contributed by atoms with E-state index in [2.05, 4.69) is 17.1 Å². The molecule has 19 heavy (non-hydrogen) atoms. The minimum absolute atomic E-state index is 0.0798. The van der Waals surface area contributed by atoms with Gasteiger partial charge in [0.05, 0.1) is 11.1 Å². The van der Waals surface area contributed by atoms with Crippen molar-refractivity contribution in [3.05, 3.63) is 35.9 Å². The molecule has 1 aromatic carbocycles. The minimum Gasteiger partial charge on any atom is -0.409 e. The monoisotopic (exact) mass is 258 g/mol. The van der Waals surface area contributed by atoms with Gasteiger partial charge in [0.2, 0.25) is 0 Å². The van der Waals surface area contributed by atoms with Crippen LogP contribution in [-0.4, -0.2) is 29.6 Å². The second-order valence-corrected chi connectivity index (χ2v) is 4.46. The van der Waals surface area contributed by atoms with Crippen molar-refractivity contribution in [1.82, 2.24) is 4.98 Å². The van der Waals surface area contributed by atoms with Gasteiger partial charge in [0.25, 0.3) is 0 Å². The highest BCUT2D eigenvalue weighted by molar-refractivity contribution is 6.04. The first kappa shape index (κ1) is 13.1. The third-order valence-electron chi connectivity index (χ3n) is 3.01. The number of nitrogens with two attached hydrogens (primary N) is 1. The number of anilines is 1. The Hall–Kier alpha value is -2.30. The second-order valence-electron chi connectivity index (χ2n) is 4.46. The van der Waals surface area contributed by atoms with Gasteiger partial charge in [-0.25, -0.2) is 4.98 Å². The van der Waals surface area contributed by atoms with Crippen LogP contribution < -0.4 is 10.6 Å². The maximum atomic E-state index is 8.91. The number of aromatic nitrogens is 1. The van der Waals surface area contributed by atoms with Gasteiger partial charge in [-0.1, -0.05) is 30.3 Å². The van der Waals surface area contributed by atoms with Gasteiger partial charge >= 0.3 is 0 Å². The lowest BCUT2D eigenvalue weighted by Gasteiger charge is -2.20. The molecule has 0 bridgehead atoms. The van der Waals surface area contributed by atoms with E-state index in [1.807, 2.05) is 42.3 Å². The molecule has 0 saturated heterocycles. The number of pyridine rings is 1. The van der Waals surface area contributed by atoms with Crippen molar-refractivity contribution in [2.24, 2.45) is 10.9 Å². The van der Waals surface area contributed by atoms with Gasteiger partial charge in [-0.3, -0.25) is 0 Å². The maximum absolute atomic E-state index is 8.91. The van der Waals surface area contributed by atoms with E-state index in [1.165, 1.54) is 0 Å². The lowest BCUT2D eigenvalue weighted by molar-refractivity contribution is 0.318. The number of hydrogen-bond donors (Lipinski definition) is 2. The Morgan fingerprint density at radius 3 is 2.84 bits per heavy atom. The van der Waals surface area contributed by atoms with Gasteiger partial charge in [0.15, 0.2) is 5.84 Å². The molecule has 1 aromatic heterocycles. The van der Waals surface area contributed by atoms with Gasteiger partial charge in [0, 0.05) is 19.0 Å². The fraction of sp³-hybridized carbons (Fsp3) is 0.286. The number of nitrogens with zero attached hydrogens (tertiary/aromatic N) is 3. The number of fused-ring (bicyclic) bond motifs is 1. The summed E-state index contributed by atoms with van der Waals surface area (Å²) in [6.07, 6.45) is 1.00. The van der Waals surface area contributed by atoms with Crippen LogP contribution >= 0.6 is 0 Å². The molecule has 0 unspecified atom stereocenters. The molecule has 5 nitrogen and oxygen atoms in total. The number of hydrogen-bond acceptors (Lipinski definition) is 4. The first-order chi connectivity index (χ1) is 9.17. The SMILES string of the molecule is CCCN(C)c1nc2ccccc2cc1C(N)=NO. The van der Waals surface area contributed by atoms with E-state index in [-0.39, 0.29) is 5.84 Å². The predicted octanol–water partition coefficient (Wildman–Crippen LogP) is 2.18. The Labute approximate surface area is 112 Å². The maximum Gasteiger partial charge on any atom is 0.173 e. The molecule has 100 valence electrons. The summed E-state index contributed by atoms with van der Waals surface area (Å²) in [7, 11) is 1.95. The molecule has 0 aliphatic rings. The molecule has 3 N–H and O–H groups in total. The topological polar surface area (TPSA) is 74.7 Å². The van der Waals surface area contributed by atoms with Crippen LogP contribution in [0.1, 0.15) is 18.9 Å². The molecule has 1 heterocycles. The van der Waals surface area contributed by atoms with Crippen molar-refractivity contribution in [3.8, 4) is 0 Å². The Kier molecular flexibility index (Phi) is 3.85. The summed E-state index contributed by atoms with van der Waals surface area (Å²) in [6, 6.07) is 9.70. The molecule has 0 spiro atoms. The quantitative estimate of drug-likeness (QED) is 0.381. The lowest BCUT2D eigenvalue weighted by atomic mass is 10.1. The highest BCUT2D eigenvalue weighted by Crippen LogP contribution is 2.23. The average Bonchev–Trinajstić information content (AvgIpc) is 2.45. The molecule has 0 amide bonds. The molecule has 0 saturated carbocycles. The zero-order valence-electron chi connectivity index (χ0n) is 11.2. The van der Waals surface area contributed by atoms with Crippen LogP contribution in [0.2, 0.25) is 0 Å². The van der Waals surface area contributed by atoms with Crippen molar-refractivity contribution in [2.75, 3.05) is 18.5 Å². The predicted molar refractivity (Wildman–Crippen MR) is 77.8 cm³/mol. The second kappa shape index (κ2) is 5.56. The van der Waals surface area contributed by atoms with Gasteiger partial charge in [0.1, 0.15) is 5.82 Å². The van der Waals surface area contributed by atoms with Crippen LogP contribution in [0.4, 0.5) is 5.82 Å². The van der Waals surface area contributed by atoms with Crippen LogP contribution in [-0.2, 0) is 0 Å². The van der Waals surface area contributed by atoms with E-state index in [1.54, 1.807) is 0 Å². The van der Waals surface area contributed by atoms with Crippen LogP contribution in [0.5, 0.6) is 0 Å². The average molecular weight is 258 g/mol. The molecule has 0 atom stereocenters. The smallest absolute Gasteiger partial charge is 0.173 e. The molecule has 0 fully saturated rings. The first-order valence-electron chi connectivity index (χ1n) is 6.26. The van der Waals surface area contributed by atoms with Crippen molar-refractivity contribution >= 4 is 22.6 Å². The molecular weight excluding hydrogens is 240 g/mol. The van der Waals surface area contributed by atoms with E-state index in [9.17, 15) is 0 Å². The third kappa shape index (κ3) is 2.59. The normalized spacial score (nSPS) is 11.8. The van der Waals surface area contributed by atoms with Crippen LogP contribution in [0.15, 0.2) is 35.5 Å². The standard InChI is InChI=1S/C14H18N4O/c1-3-8-18(2)14-11(13(15)17-19)9-10-6-4-5-7-12(10)16-14/h4-7,9,19H,3,8H2,1-2H3,(H2,15,17). The fourth-order valence-electron chi connectivity index (χ4n) is 2.08. The summed E-state index contributed by atoms with van der Waals surface area (Å²) in [5.41, 5.74) is 7.30.